The molecule has 1 aromatic carbocycles. The topological polar surface area (TPSA) is 27.0 Å². The average Bonchev–Trinajstić information content (AvgIpc) is 2.40. The first-order chi connectivity index (χ1) is 8.76. The summed E-state index contributed by atoms with van der Waals surface area (Å²) in [5.74, 6) is 0.194. The Kier molecular flexibility index (Phi) is 4.25. The Morgan fingerprint density at radius 2 is 2.11 bits per heavy atom. The van der Waals surface area contributed by atoms with E-state index in [1.807, 2.05) is 0 Å². The third-order valence-corrected chi connectivity index (χ3v) is 3.97. The molecule has 1 aliphatic carbocycles. The molecule has 96 valence electrons. The van der Waals surface area contributed by atoms with Crippen LogP contribution in [0.2, 0.25) is 0 Å². The summed E-state index contributed by atoms with van der Waals surface area (Å²) in [7, 11) is 0. The van der Waals surface area contributed by atoms with Crippen LogP contribution in [0.3, 0.4) is 0 Å². The molecule has 0 spiro atoms. The van der Waals surface area contributed by atoms with Gasteiger partial charge in [0.2, 0.25) is 0 Å². The van der Waals surface area contributed by atoms with Crippen LogP contribution in [-0.2, 0) is 0 Å². The minimum Gasteiger partial charge on any atom is -0.367 e. The second kappa shape index (κ2) is 5.91. The highest BCUT2D eigenvalue weighted by Crippen LogP contribution is 2.31. The third-order valence-electron chi connectivity index (χ3n) is 3.97. The first-order valence-corrected chi connectivity index (χ1v) is 6.99. The molecule has 0 radical (unpaired) electrons. The Balaban J connectivity index is 2.24. The summed E-state index contributed by atoms with van der Waals surface area (Å²) in [6.07, 6.45) is 4.68. The van der Waals surface area contributed by atoms with Crippen LogP contribution >= 0.6 is 0 Å². The van der Waals surface area contributed by atoms with E-state index in [2.05, 4.69) is 49.1 Å². The molecule has 1 saturated carbocycles. The van der Waals surface area contributed by atoms with E-state index in [9.17, 15) is 5.26 Å². The lowest BCUT2D eigenvalue weighted by atomic mass is 9.84. The Bertz CT molecular complexity index is 433. The van der Waals surface area contributed by atoms with Gasteiger partial charge in [-0.05, 0) is 44.4 Å². The van der Waals surface area contributed by atoms with Gasteiger partial charge in [-0.1, -0.05) is 25.0 Å². The summed E-state index contributed by atoms with van der Waals surface area (Å²) in [5.41, 5.74) is 2.56. The van der Waals surface area contributed by atoms with Crippen LogP contribution < -0.4 is 4.90 Å². The maximum absolute atomic E-state index is 9.33. The molecule has 2 atom stereocenters. The van der Waals surface area contributed by atoms with E-state index >= 15 is 0 Å². The number of anilines is 1. The van der Waals surface area contributed by atoms with Crippen molar-refractivity contribution in [3.05, 3.63) is 29.8 Å². The normalized spacial score (nSPS) is 23.4. The lowest BCUT2D eigenvalue weighted by Crippen LogP contribution is -2.42. The Morgan fingerprint density at radius 1 is 1.33 bits per heavy atom. The van der Waals surface area contributed by atoms with Gasteiger partial charge in [-0.3, -0.25) is 0 Å². The maximum Gasteiger partial charge on any atom is 0.0677 e. The number of nitriles is 1. The minimum atomic E-state index is 0.194. The number of nitrogens with zero attached hydrogens (tertiary/aromatic N) is 2. The fourth-order valence-electron chi connectivity index (χ4n) is 3.05. The van der Waals surface area contributed by atoms with E-state index in [1.165, 1.54) is 24.1 Å². The Labute approximate surface area is 110 Å². The highest BCUT2D eigenvalue weighted by Gasteiger charge is 2.29. The molecule has 0 aromatic heterocycles. The predicted molar refractivity (Wildman–Crippen MR) is 75.6 cm³/mol. The van der Waals surface area contributed by atoms with Crippen molar-refractivity contribution in [1.29, 1.82) is 5.26 Å². The van der Waals surface area contributed by atoms with Crippen molar-refractivity contribution in [1.82, 2.24) is 0 Å². The number of aryl methyl sites for hydroxylation is 1. The lowest BCUT2D eigenvalue weighted by Gasteiger charge is -2.38. The molecule has 0 N–H and O–H groups in total. The maximum atomic E-state index is 9.33. The van der Waals surface area contributed by atoms with E-state index in [4.69, 9.17) is 0 Å². The molecule has 1 aromatic rings. The van der Waals surface area contributed by atoms with Crippen molar-refractivity contribution in [3.63, 3.8) is 0 Å². The van der Waals surface area contributed by atoms with Gasteiger partial charge >= 0.3 is 0 Å². The van der Waals surface area contributed by atoms with Gasteiger partial charge < -0.3 is 4.90 Å². The summed E-state index contributed by atoms with van der Waals surface area (Å²) < 4.78 is 0. The molecule has 2 rings (SSSR count). The average molecular weight is 242 g/mol. The molecule has 1 aliphatic rings. The minimum absolute atomic E-state index is 0.194. The van der Waals surface area contributed by atoms with Crippen LogP contribution in [0.25, 0.3) is 0 Å². The van der Waals surface area contributed by atoms with Crippen molar-refractivity contribution < 1.29 is 0 Å². The summed E-state index contributed by atoms with van der Waals surface area (Å²) in [6.45, 7) is 5.29. The Morgan fingerprint density at radius 3 is 2.78 bits per heavy atom. The molecule has 18 heavy (non-hydrogen) atoms. The summed E-state index contributed by atoms with van der Waals surface area (Å²) in [5, 5.41) is 9.33. The smallest absolute Gasteiger partial charge is 0.0677 e. The molecule has 0 heterocycles. The van der Waals surface area contributed by atoms with Crippen molar-refractivity contribution in [2.24, 2.45) is 5.92 Å². The quantitative estimate of drug-likeness (QED) is 0.803. The van der Waals surface area contributed by atoms with Gasteiger partial charge in [-0.15, -0.1) is 0 Å². The first-order valence-electron chi connectivity index (χ1n) is 6.99. The van der Waals surface area contributed by atoms with E-state index in [0.717, 1.165) is 19.4 Å². The van der Waals surface area contributed by atoms with E-state index in [1.54, 1.807) is 0 Å². The third kappa shape index (κ3) is 2.67. The van der Waals surface area contributed by atoms with Gasteiger partial charge in [0.1, 0.15) is 0 Å². The van der Waals surface area contributed by atoms with E-state index in [0.29, 0.717) is 6.04 Å². The van der Waals surface area contributed by atoms with Gasteiger partial charge in [0, 0.05) is 18.3 Å². The second-order valence-electron chi connectivity index (χ2n) is 5.21. The molecule has 2 nitrogen and oxygen atoms in total. The fraction of sp³-hybridized carbons (Fsp3) is 0.562. The lowest BCUT2D eigenvalue weighted by molar-refractivity contribution is 0.351. The summed E-state index contributed by atoms with van der Waals surface area (Å²) >= 11 is 0. The number of hydrogen-bond acceptors (Lipinski definition) is 2. The van der Waals surface area contributed by atoms with Gasteiger partial charge in [-0.2, -0.15) is 5.26 Å². The van der Waals surface area contributed by atoms with Gasteiger partial charge in [0.15, 0.2) is 0 Å². The monoisotopic (exact) mass is 242 g/mol. The molecular weight excluding hydrogens is 220 g/mol. The highest BCUT2D eigenvalue weighted by atomic mass is 15.2. The largest absolute Gasteiger partial charge is 0.367 e. The van der Waals surface area contributed by atoms with Gasteiger partial charge in [-0.25, -0.2) is 0 Å². The molecule has 0 amide bonds. The van der Waals surface area contributed by atoms with Crippen LogP contribution in [0.15, 0.2) is 24.3 Å². The molecule has 0 bridgehead atoms. The Hall–Kier alpha value is -1.49. The molecule has 0 aliphatic heterocycles. The zero-order valence-electron chi connectivity index (χ0n) is 11.4. The standard InChI is InChI=1S/C16H22N2/c1-3-18(15-9-6-7-13(2)11-15)16-10-5-4-8-14(16)12-17/h6-7,9,11,14,16H,3-5,8,10H2,1-2H3. The molecule has 0 saturated heterocycles. The van der Waals surface area contributed by atoms with Crippen LogP contribution in [-0.4, -0.2) is 12.6 Å². The SMILES string of the molecule is CCN(c1cccc(C)c1)C1CCCCC1C#N. The molecular formula is C16H22N2. The summed E-state index contributed by atoms with van der Waals surface area (Å²) in [6, 6.07) is 11.5. The van der Waals surface area contributed by atoms with Crippen molar-refractivity contribution >= 4 is 5.69 Å². The number of hydrogen-bond donors (Lipinski definition) is 0. The van der Waals surface area contributed by atoms with E-state index < -0.39 is 0 Å². The molecule has 2 heteroatoms. The van der Waals surface area contributed by atoms with Gasteiger partial charge in [0.05, 0.1) is 12.0 Å². The molecule has 1 fully saturated rings. The highest BCUT2D eigenvalue weighted by molar-refractivity contribution is 5.49. The molecule has 2 unspecified atom stereocenters. The van der Waals surface area contributed by atoms with Crippen molar-refractivity contribution in [2.75, 3.05) is 11.4 Å². The first kappa shape index (κ1) is 13.0. The van der Waals surface area contributed by atoms with Crippen LogP contribution in [0, 0.1) is 24.2 Å². The summed E-state index contributed by atoms with van der Waals surface area (Å²) in [4.78, 5) is 2.42. The second-order valence-corrected chi connectivity index (χ2v) is 5.21. The number of benzene rings is 1. The fourth-order valence-corrected chi connectivity index (χ4v) is 3.05. The van der Waals surface area contributed by atoms with Crippen molar-refractivity contribution in [3.8, 4) is 6.07 Å². The van der Waals surface area contributed by atoms with Crippen LogP contribution in [0.5, 0.6) is 0 Å². The van der Waals surface area contributed by atoms with Crippen LogP contribution in [0.4, 0.5) is 5.69 Å². The zero-order valence-corrected chi connectivity index (χ0v) is 11.4. The number of rotatable bonds is 3. The predicted octanol–water partition coefficient (Wildman–Crippen LogP) is 3.90. The van der Waals surface area contributed by atoms with Crippen molar-refractivity contribution in [2.45, 2.75) is 45.6 Å². The van der Waals surface area contributed by atoms with E-state index in [-0.39, 0.29) is 5.92 Å². The van der Waals surface area contributed by atoms with Crippen LogP contribution in [0.1, 0.15) is 38.2 Å². The zero-order chi connectivity index (χ0) is 13.0. The van der Waals surface area contributed by atoms with Gasteiger partial charge in [0.25, 0.3) is 0 Å².